The first kappa shape index (κ1) is 15.1. The fourth-order valence-corrected chi connectivity index (χ4v) is 2.11. The molecule has 1 heterocycles. The summed E-state index contributed by atoms with van der Waals surface area (Å²) in [4.78, 5) is 11.2. The first-order chi connectivity index (χ1) is 8.56. The van der Waals surface area contributed by atoms with Crippen molar-refractivity contribution >= 4 is 0 Å². The molecule has 0 atom stereocenters. The zero-order valence-electron chi connectivity index (χ0n) is 12.5. The van der Waals surface area contributed by atoms with Crippen LogP contribution in [0.5, 0.6) is 0 Å². The highest BCUT2D eigenvalue weighted by Crippen LogP contribution is 2.12. The molecule has 0 spiro atoms. The second-order valence-corrected chi connectivity index (χ2v) is 5.48. The summed E-state index contributed by atoms with van der Waals surface area (Å²) in [6, 6.07) is 0. The predicted molar refractivity (Wildman–Crippen MR) is 76.5 cm³/mol. The van der Waals surface area contributed by atoms with Gasteiger partial charge in [-0.05, 0) is 13.0 Å². The second-order valence-electron chi connectivity index (χ2n) is 5.48. The fraction of sp³-hybridized carbons (Fsp3) is 0.733. The van der Waals surface area contributed by atoms with Crippen LogP contribution >= 0.6 is 0 Å². The Morgan fingerprint density at radius 1 is 1.11 bits per heavy atom. The van der Waals surface area contributed by atoms with Crippen molar-refractivity contribution in [3.63, 3.8) is 0 Å². The molecule has 0 aliphatic rings. The lowest BCUT2D eigenvalue weighted by molar-refractivity contribution is 0.259. The highest BCUT2D eigenvalue weighted by Gasteiger charge is 2.09. The van der Waals surface area contributed by atoms with Gasteiger partial charge in [0, 0.05) is 37.0 Å². The van der Waals surface area contributed by atoms with Gasteiger partial charge in [0.05, 0.1) is 0 Å². The third-order valence-corrected chi connectivity index (χ3v) is 3.42. The lowest BCUT2D eigenvalue weighted by Crippen LogP contribution is -2.25. The Bertz CT molecular complexity index is 328. The summed E-state index contributed by atoms with van der Waals surface area (Å²) in [7, 11) is 2.18. The van der Waals surface area contributed by atoms with Gasteiger partial charge in [-0.15, -0.1) is 0 Å². The molecule has 1 aromatic heterocycles. The Labute approximate surface area is 112 Å². The number of rotatable bonds is 7. The Morgan fingerprint density at radius 2 is 1.67 bits per heavy atom. The van der Waals surface area contributed by atoms with Crippen molar-refractivity contribution in [1.82, 2.24) is 14.9 Å². The van der Waals surface area contributed by atoms with Gasteiger partial charge in [0.2, 0.25) is 0 Å². The lowest BCUT2D eigenvalue weighted by atomic mass is 10.0. The van der Waals surface area contributed by atoms with E-state index in [0.717, 1.165) is 24.8 Å². The monoisotopic (exact) mass is 249 g/mol. The van der Waals surface area contributed by atoms with E-state index in [1.807, 2.05) is 12.4 Å². The molecular formula is C15H27N3. The maximum absolute atomic E-state index is 4.41. The molecule has 1 aromatic rings. The molecule has 0 unspecified atom stereocenters. The molecule has 3 nitrogen and oxygen atoms in total. The van der Waals surface area contributed by atoms with E-state index < -0.39 is 0 Å². The summed E-state index contributed by atoms with van der Waals surface area (Å²) in [6.07, 6.45) is 6.44. The normalized spacial score (nSPS) is 11.8. The van der Waals surface area contributed by atoms with E-state index in [9.17, 15) is 0 Å². The van der Waals surface area contributed by atoms with Gasteiger partial charge in [0.1, 0.15) is 5.82 Å². The minimum Gasteiger partial charge on any atom is -0.302 e. The molecule has 0 aliphatic heterocycles. The van der Waals surface area contributed by atoms with Crippen molar-refractivity contribution in [2.24, 2.45) is 5.92 Å². The van der Waals surface area contributed by atoms with E-state index in [1.54, 1.807) is 0 Å². The topological polar surface area (TPSA) is 29.0 Å². The third kappa shape index (κ3) is 4.73. The summed E-state index contributed by atoms with van der Waals surface area (Å²) in [5.41, 5.74) is 1.20. The Balaban J connectivity index is 2.51. The van der Waals surface area contributed by atoms with Crippen LogP contribution in [0.15, 0.2) is 12.4 Å². The molecule has 0 aromatic carbocycles. The average Bonchev–Trinajstić information content (AvgIpc) is 2.36. The van der Waals surface area contributed by atoms with Crippen molar-refractivity contribution in [2.75, 3.05) is 13.6 Å². The fourth-order valence-electron chi connectivity index (χ4n) is 2.11. The van der Waals surface area contributed by atoms with E-state index in [1.165, 1.54) is 18.4 Å². The van der Waals surface area contributed by atoms with Crippen molar-refractivity contribution < 1.29 is 0 Å². The van der Waals surface area contributed by atoms with Gasteiger partial charge in [-0.2, -0.15) is 0 Å². The van der Waals surface area contributed by atoms with E-state index >= 15 is 0 Å². The molecule has 0 amide bonds. The molecule has 1 rings (SSSR count). The van der Waals surface area contributed by atoms with Crippen LogP contribution < -0.4 is 0 Å². The molecule has 0 N–H and O–H groups in total. The standard InChI is InChI=1S/C15H27N3/c1-6-13(7-2)10-18(5)11-14-8-16-15(12(3)4)17-9-14/h8-9,12-13H,6-7,10-11H2,1-5H3. The number of aromatic nitrogens is 2. The molecule has 3 heteroatoms. The highest BCUT2D eigenvalue weighted by atomic mass is 15.1. The molecule has 102 valence electrons. The molecule has 0 bridgehead atoms. The van der Waals surface area contributed by atoms with Crippen LogP contribution in [0.25, 0.3) is 0 Å². The smallest absolute Gasteiger partial charge is 0.130 e. The van der Waals surface area contributed by atoms with E-state index in [2.05, 4.69) is 49.6 Å². The van der Waals surface area contributed by atoms with Gasteiger partial charge in [0.15, 0.2) is 0 Å². The minimum absolute atomic E-state index is 0.404. The number of nitrogens with zero attached hydrogens (tertiary/aromatic N) is 3. The molecule has 18 heavy (non-hydrogen) atoms. The zero-order valence-corrected chi connectivity index (χ0v) is 12.5. The average molecular weight is 249 g/mol. The Kier molecular flexibility index (Phi) is 6.27. The SMILES string of the molecule is CCC(CC)CN(C)Cc1cnc(C(C)C)nc1. The minimum atomic E-state index is 0.404. The van der Waals surface area contributed by atoms with Gasteiger partial charge < -0.3 is 4.90 Å². The van der Waals surface area contributed by atoms with E-state index in [-0.39, 0.29) is 0 Å². The summed E-state index contributed by atoms with van der Waals surface area (Å²) >= 11 is 0. The van der Waals surface area contributed by atoms with Gasteiger partial charge >= 0.3 is 0 Å². The molecular weight excluding hydrogens is 222 g/mol. The van der Waals surface area contributed by atoms with Gasteiger partial charge in [-0.1, -0.05) is 40.5 Å². The van der Waals surface area contributed by atoms with Crippen LogP contribution in [0, 0.1) is 5.92 Å². The summed E-state index contributed by atoms with van der Waals surface area (Å²) in [5, 5.41) is 0. The predicted octanol–water partition coefficient (Wildman–Crippen LogP) is 3.47. The van der Waals surface area contributed by atoms with Gasteiger partial charge in [0.25, 0.3) is 0 Å². The summed E-state index contributed by atoms with van der Waals surface area (Å²) < 4.78 is 0. The van der Waals surface area contributed by atoms with Crippen LogP contribution in [0.3, 0.4) is 0 Å². The van der Waals surface area contributed by atoms with E-state index in [4.69, 9.17) is 0 Å². The molecule has 0 saturated heterocycles. The lowest BCUT2D eigenvalue weighted by Gasteiger charge is -2.22. The van der Waals surface area contributed by atoms with Crippen LogP contribution in [-0.2, 0) is 6.54 Å². The van der Waals surface area contributed by atoms with E-state index in [0.29, 0.717) is 5.92 Å². The van der Waals surface area contributed by atoms with Crippen LogP contribution in [-0.4, -0.2) is 28.5 Å². The van der Waals surface area contributed by atoms with Crippen molar-refractivity contribution in [2.45, 2.75) is 53.0 Å². The van der Waals surface area contributed by atoms with Crippen LogP contribution in [0.2, 0.25) is 0 Å². The zero-order chi connectivity index (χ0) is 13.5. The first-order valence-electron chi connectivity index (χ1n) is 7.06. The quantitative estimate of drug-likeness (QED) is 0.741. The largest absolute Gasteiger partial charge is 0.302 e. The maximum atomic E-state index is 4.41. The van der Waals surface area contributed by atoms with Crippen LogP contribution in [0.1, 0.15) is 57.8 Å². The van der Waals surface area contributed by atoms with Crippen molar-refractivity contribution in [3.05, 3.63) is 23.8 Å². The third-order valence-electron chi connectivity index (χ3n) is 3.42. The number of hydrogen-bond acceptors (Lipinski definition) is 3. The number of hydrogen-bond donors (Lipinski definition) is 0. The summed E-state index contributed by atoms with van der Waals surface area (Å²) in [6.45, 7) is 10.9. The maximum Gasteiger partial charge on any atom is 0.130 e. The Morgan fingerprint density at radius 3 is 2.11 bits per heavy atom. The van der Waals surface area contributed by atoms with Crippen molar-refractivity contribution in [3.8, 4) is 0 Å². The Hall–Kier alpha value is -0.960. The molecule has 0 saturated carbocycles. The summed E-state index contributed by atoms with van der Waals surface area (Å²) in [5.74, 6) is 2.13. The molecule has 0 fully saturated rings. The highest BCUT2D eigenvalue weighted by molar-refractivity contribution is 5.06. The van der Waals surface area contributed by atoms with Gasteiger partial charge in [-0.3, -0.25) is 0 Å². The van der Waals surface area contributed by atoms with Gasteiger partial charge in [-0.25, -0.2) is 9.97 Å². The first-order valence-corrected chi connectivity index (χ1v) is 7.06. The molecule has 0 aliphatic carbocycles. The van der Waals surface area contributed by atoms with Crippen LogP contribution in [0.4, 0.5) is 0 Å². The molecule has 0 radical (unpaired) electrons. The second kappa shape index (κ2) is 7.47. The van der Waals surface area contributed by atoms with Crippen molar-refractivity contribution in [1.29, 1.82) is 0 Å².